The smallest absolute Gasteiger partial charge is 0.350 e. The van der Waals surface area contributed by atoms with Crippen LogP contribution in [0.1, 0.15) is 25.7 Å². The van der Waals surface area contributed by atoms with Crippen LogP contribution in [-0.4, -0.2) is 28.8 Å². The monoisotopic (exact) mass is 329 g/mol. The molecule has 0 unspecified atom stereocenters. The van der Waals surface area contributed by atoms with Crippen LogP contribution < -0.4 is 5.32 Å². The molecule has 2 aromatic heterocycles. The number of hydrogen-bond donors (Lipinski definition) is 1. The Morgan fingerprint density at radius 1 is 1.30 bits per heavy atom. The van der Waals surface area contributed by atoms with Crippen molar-refractivity contribution >= 4 is 39.0 Å². The lowest BCUT2D eigenvalue weighted by Gasteiger charge is -2.08. The Hall–Kier alpha value is -2.67. The van der Waals surface area contributed by atoms with Gasteiger partial charge in [-0.25, -0.2) is 4.79 Å². The number of thiophene rings is 1. The van der Waals surface area contributed by atoms with Crippen molar-refractivity contribution in [1.29, 1.82) is 0 Å². The van der Waals surface area contributed by atoms with Crippen molar-refractivity contribution in [2.45, 2.75) is 6.92 Å². The number of aromatic nitrogens is 2. The van der Waals surface area contributed by atoms with Crippen molar-refractivity contribution < 1.29 is 14.3 Å². The van der Waals surface area contributed by atoms with E-state index in [2.05, 4.69) is 10.4 Å². The molecule has 0 atom stereocenters. The Morgan fingerprint density at radius 3 is 2.70 bits per heavy atom. The number of esters is 1. The number of methoxy groups -OCH3 is 1. The minimum absolute atomic E-state index is 0.309. The van der Waals surface area contributed by atoms with Gasteiger partial charge in [-0.15, -0.1) is 11.3 Å². The first-order valence-corrected chi connectivity index (χ1v) is 7.74. The molecule has 7 heteroatoms. The number of fused-ring (bicyclic) bond motifs is 1. The van der Waals surface area contributed by atoms with E-state index in [1.165, 1.54) is 23.1 Å². The molecule has 1 aromatic carbocycles. The lowest BCUT2D eigenvalue weighted by Crippen LogP contribution is -2.18. The van der Waals surface area contributed by atoms with Crippen LogP contribution >= 0.6 is 11.3 Å². The summed E-state index contributed by atoms with van der Waals surface area (Å²) in [7, 11) is 3.03. The summed E-state index contributed by atoms with van der Waals surface area (Å²) in [5, 5.41) is 7.72. The van der Waals surface area contributed by atoms with Crippen molar-refractivity contribution in [1.82, 2.24) is 9.78 Å². The predicted molar refractivity (Wildman–Crippen MR) is 89.1 cm³/mol. The maximum absolute atomic E-state index is 12.6. The fourth-order valence-electron chi connectivity index (χ4n) is 2.45. The number of nitrogens with zero attached hydrogens (tertiary/aromatic N) is 2. The van der Waals surface area contributed by atoms with Gasteiger partial charge >= 0.3 is 5.97 Å². The summed E-state index contributed by atoms with van der Waals surface area (Å²) in [5.41, 5.74) is 1.70. The number of carbonyl (C=O) groups excluding carboxylic acids is 2. The number of anilines is 1. The second-order valence-corrected chi connectivity index (χ2v) is 6.10. The molecule has 23 heavy (non-hydrogen) atoms. The van der Waals surface area contributed by atoms with Gasteiger partial charge in [-0.05, 0) is 18.6 Å². The molecule has 6 nitrogen and oxygen atoms in total. The van der Waals surface area contributed by atoms with Gasteiger partial charge in [0.05, 0.1) is 19.0 Å². The molecule has 0 saturated heterocycles. The van der Waals surface area contributed by atoms with Gasteiger partial charge in [0.25, 0.3) is 5.91 Å². The molecular formula is C16H15N3O3S. The highest BCUT2D eigenvalue weighted by atomic mass is 32.1. The minimum Gasteiger partial charge on any atom is -0.465 e. The second-order valence-electron chi connectivity index (χ2n) is 5.05. The summed E-state index contributed by atoms with van der Waals surface area (Å²) < 4.78 is 7.25. The van der Waals surface area contributed by atoms with Gasteiger partial charge in [0, 0.05) is 17.1 Å². The van der Waals surface area contributed by atoms with E-state index in [0.717, 1.165) is 15.6 Å². The Bertz CT molecular complexity index is 891. The van der Waals surface area contributed by atoms with Crippen LogP contribution in [-0.2, 0) is 11.8 Å². The maximum atomic E-state index is 12.6. The van der Waals surface area contributed by atoms with Gasteiger partial charge < -0.3 is 10.1 Å². The number of rotatable bonds is 3. The van der Waals surface area contributed by atoms with Gasteiger partial charge in [-0.2, -0.15) is 5.10 Å². The second kappa shape index (κ2) is 5.85. The summed E-state index contributed by atoms with van der Waals surface area (Å²) in [4.78, 5) is 25.0. The maximum Gasteiger partial charge on any atom is 0.350 e. The largest absolute Gasteiger partial charge is 0.465 e. The van der Waals surface area contributed by atoms with E-state index in [0.29, 0.717) is 16.3 Å². The van der Waals surface area contributed by atoms with Gasteiger partial charge in [0.1, 0.15) is 10.6 Å². The first kappa shape index (κ1) is 15.2. The fraction of sp³-hybridized carbons (Fsp3) is 0.188. The van der Waals surface area contributed by atoms with Crippen molar-refractivity contribution in [3.8, 4) is 0 Å². The molecule has 0 spiro atoms. The van der Waals surface area contributed by atoms with Crippen molar-refractivity contribution in [2.24, 2.45) is 7.05 Å². The van der Waals surface area contributed by atoms with E-state index in [1.807, 2.05) is 31.2 Å². The van der Waals surface area contributed by atoms with E-state index in [9.17, 15) is 9.59 Å². The summed E-state index contributed by atoms with van der Waals surface area (Å²) in [5.74, 6) is -0.778. The van der Waals surface area contributed by atoms with Gasteiger partial charge in [0.15, 0.2) is 0 Å². The van der Waals surface area contributed by atoms with E-state index >= 15 is 0 Å². The van der Waals surface area contributed by atoms with E-state index in [1.54, 1.807) is 13.2 Å². The third-order valence-corrected chi connectivity index (χ3v) is 4.69. The molecule has 118 valence electrons. The summed E-state index contributed by atoms with van der Waals surface area (Å²) in [6.07, 6.45) is 1.63. The molecule has 0 aliphatic heterocycles. The first-order valence-electron chi connectivity index (χ1n) is 6.92. The van der Waals surface area contributed by atoms with Crippen LogP contribution in [0, 0.1) is 6.92 Å². The van der Waals surface area contributed by atoms with Crippen molar-refractivity contribution in [2.75, 3.05) is 12.4 Å². The van der Waals surface area contributed by atoms with Crippen molar-refractivity contribution in [3.05, 3.63) is 46.6 Å². The number of ether oxygens (including phenoxy) is 1. The van der Waals surface area contributed by atoms with Crippen LogP contribution in [0.3, 0.4) is 0 Å². The zero-order valence-corrected chi connectivity index (χ0v) is 13.7. The third-order valence-electron chi connectivity index (χ3n) is 3.54. The Labute approximate surface area is 136 Å². The molecule has 0 bridgehead atoms. The zero-order valence-electron chi connectivity index (χ0n) is 12.9. The SMILES string of the molecule is COC(=O)c1sc2ccccc2c1NC(=O)c1c(C)cnn1C. The Morgan fingerprint density at radius 2 is 2.04 bits per heavy atom. The van der Waals surface area contributed by atoms with Crippen molar-refractivity contribution in [3.63, 3.8) is 0 Å². The molecule has 0 aliphatic rings. The normalized spacial score (nSPS) is 10.7. The highest BCUT2D eigenvalue weighted by Crippen LogP contribution is 2.36. The first-order chi connectivity index (χ1) is 11.0. The summed E-state index contributed by atoms with van der Waals surface area (Å²) in [6, 6.07) is 7.51. The number of amides is 1. The van der Waals surface area contributed by atoms with Crippen LogP contribution in [0.2, 0.25) is 0 Å². The molecule has 0 aliphatic carbocycles. The number of nitrogens with one attached hydrogen (secondary N) is 1. The standard InChI is InChI=1S/C16H15N3O3S/c1-9-8-17-19(2)13(9)15(20)18-12-10-6-4-5-7-11(10)23-14(12)16(21)22-3/h4-8H,1-3H3,(H,18,20). The molecule has 0 saturated carbocycles. The quantitative estimate of drug-likeness (QED) is 0.750. The van der Waals surface area contributed by atoms with Crippen LogP contribution in [0.4, 0.5) is 5.69 Å². The topological polar surface area (TPSA) is 73.2 Å². The molecule has 1 N–H and O–H groups in total. The molecule has 1 amide bonds. The Balaban J connectivity index is 2.08. The number of carbonyl (C=O) groups is 2. The number of hydrogen-bond acceptors (Lipinski definition) is 5. The number of aryl methyl sites for hydroxylation is 2. The van der Waals surface area contributed by atoms with Gasteiger partial charge in [-0.1, -0.05) is 18.2 Å². The molecule has 0 radical (unpaired) electrons. The highest BCUT2D eigenvalue weighted by molar-refractivity contribution is 7.21. The zero-order chi connectivity index (χ0) is 16.6. The molecule has 2 heterocycles. The third kappa shape index (κ3) is 2.59. The molecule has 0 fully saturated rings. The van der Waals surface area contributed by atoms with E-state index in [4.69, 9.17) is 4.74 Å². The average Bonchev–Trinajstić information content (AvgIpc) is 3.07. The fourth-order valence-corrected chi connectivity index (χ4v) is 3.53. The van der Waals surface area contributed by atoms with Gasteiger partial charge in [-0.3, -0.25) is 9.48 Å². The highest BCUT2D eigenvalue weighted by Gasteiger charge is 2.22. The van der Waals surface area contributed by atoms with E-state index in [-0.39, 0.29) is 5.91 Å². The van der Waals surface area contributed by atoms with Crippen LogP contribution in [0.15, 0.2) is 30.5 Å². The van der Waals surface area contributed by atoms with Crippen LogP contribution in [0.5, 0.6) is 0 Å². The van der Waals surface area contributed by atoms with Crippen LogP contribution in [0.25, 0.3) is 10.1 Å². The summed E-state index contributed by atoms with van der Waals surface area (Å²) >= 11 is 1.29. The number of benzene rings is 1. The van der Waals surface area contributed by atoms with E-state index < -0.39 is 5.97 Å². The molecular weight excluding hydrogens is 314 g/mol. The predicted octanol–water partition coefficient (Wildman–Crippen LogP) is 2.98. The lowest BCUT2D eigenvalue weighted by atomic mass is 10.2. The minimum atomic E-state index is -0.469. The molecule has 3 aromatic rings. The summed E-state index contributed by atoms with van der Waals surface area (Å²) in [6.45, 7) is 1.81. The average molecular weight is 329 g/mol. The Kier molecular flexibility index (Phi) is 3.87. The molecule has 3 rings (SSSR count). The lowest BCUT2D eigenvalue weighted by molar-refractivity contribution is 0.0607. The van der Waals surface area contributed by atoms with Gasteiger partial charge in [0.2, 0.25) is 0 Å².